The van der Waals surface area contributed by atoms with E-state index in [4.69, 9.17) is 4.74 Å². The van der Waals surface area contributed by atoms with Crippen molar-refractivity contribution < 1.29 is 14.3 Å². The van der Waals surface area contributed by atoms with Crippen molar-refractivity contribution in [2.24, 2.45) is 5.92 Å². The molecule has 6 nitrogen and oxygen atoms in total. The van der Waals surface area contributed by atoms with Gasteiger partial charge in [-0.25, -0.2) is 0 Å². The van der Waals surface area contributed by atoms with Gasteiger partial charge in [0, 0.05) is 19.1 Å². The molecular weight excluding hydrogens is 246 g/mol. The minimum atomic E-state index is -0.182. The van der Waals surface area contributed by atoms with Crippen molar-refractivity contribution in [1.82, 2.24) is 15.5 Å². The molecule has 0 bridgehead atoms. The Morgan fingerprint density at radius 2 is 2.05 bits per heavy atom. The Labute approximate surface area is 113 Å². The van der Waals surface area contributed by atoms with Gasteiger partial charge in [0.1, 0.15) is 0 Å². The Morgan fingerprint density at radius 3 is 2.68 bits per heavy atom. The molecule has 108 valence electrons. The lowest BCUT2D eigenvalue weighted by Gasteiger charge is -2.23. The van der Waals surface area contributed by atoms with Crippen LogP contribution in [0.15, 0.2) is 0 Å². The summed E-state index contributed by atoms with van der Waals surface area (Å²) >= 11 is 0. The summed E-state index contributed by atoms with van der Waals surface area (Å²) in [5.74, 6) is -0.273. The molecule has 2 unspecified atom stereocenters. The standard InChI is InChI=1S/C13H23N3O3/c1-3-14-11-8-19-7-10(11)13(18)16(2)6-12(17)15-9-4-5-9/h9-11,14H,3-8H2,1-2H3,(H,15,17). The summed E-state index contributed by atoms with van der Waals surface area (Å²) in [4.78, 5) is 25.5. The van der Waals surface area contributed by atoms with Gasteiger partial charge < -0.3 is 20.3 Å². The fourth-order valence-electron chi connectivity index (χ4n) is 2.34. The molecule has 1 saturated heterocycles. The van der Waals surface area contributed by atoms with Crippen LogP contribution in [-0.2, 0) is 14.3 Å². The fourth-order valence-corrected chi connectivity index (χ4v) is 2.34. The number of hydrogen-bond acceptors (Lipinski definition) is 4. The van der Waals surface area contributed by atoms with Crippen LogP contribution >= 0.6 is 0 Å². The molecule has 0 radical (unpaired) electrons. The topological polar surface area (TPSA) is 70.7 Å². The van der Waals surface area contributed by atoms with Gasteiger partial charge in [-0.05, 0) is 19.4 Å². The molecule has 2 N–H and O–H groups in total. The second-order valence-corrected chi connectivity index (χ2v) is 5.34. The molecular formula is C13H23N3O3. The number of hydrogen-bond donors (Lipinski definition) is 2. The van der Waals surface area contributed by atoms with Crippen molar-refractivity contribution in [1.29, 1.82) is 0 Å². The van der Waals surface area contributed by atoms with Gasteiger partial charge in [-0.1, -0.05) is 6.92 Å². The van der Waals surface area contributed by atoms with Crippen LogP contribution in [-0.4, -0.2) is 62.1 Å². The summed E-state index contributed by atoms with van der Waals surface area (Å²) in [5.41, 5.74) is 0. The number of nitrogens with zero attached hydrogens (tertiary/aromatic N) is 1. The van der Waals surface area contributed by atoms with E-state index in [1.54, 1.807) is 7.05 Å². The van der Waals surface area contributed by atoms with E-state index in [1.807, 2.05) is 6.92 Å². The first-order chi connectivity index (χ1) is 9.11. The fraction of sp³-hybridized carbons (Fsp3) is 0.846. The Bertz CT molecular complexity index is 344. The molecule has 19 heavy (non-hydrogen) atoms. The van der Waals surface area contributed by atoms with Gasteiger partial charge >= 0.3 is 0 Å². The average Bonchev–Trinajstić information content (AvgIpc) is 3.05. The number of carbonyl (C=O) groups excluding carboxylic acids is 2. The van der Waals surface area contributed by atoms with Crippen LogP contribution in [0.25, 0.3) is 0 Å². The zero-order chi connectivity index (χ0) is 13.8. The third kappa shape index (κ3) is 3.91. The highest BCUT2D eigenvalue weighted by atomic mass is 16.5. The largest absolute Gasteiger partial charge is 0.379 e. The average molecular weight is 269 g/mol. The molecule has 2 fully saturated rings. The number of rotatable bonds is 6. The van der Waals surface area contributed by atoms with E-state index in [9.17, 15) is 9.59 Å². The van der Waals surface area contributed by atoms with Gasteiger partial charge in [0.25, 0.3) is 0 Å². The first kappa shape index (κ1) is 14.3. The van der Waals surface area contributed by atoms with Gasteiger partial charge in [0.2, 0.25) is 11.8 Å². The summed E-state index contributed by atoms with van der Waals surface area (Å²) in [5, 5.41) is 6.14. The maximum Gasteiger partial charge on any atom is 0.239 e. The monoisotopic (exact) mass is 269 g/mol. The highest BCUT2D eigenvalue weighted by molar-refractivity contribution is 5.86. The molecule has 6 heteroatoms. The smallest absolute Gasteiger partial charge is 0.239 e. The van der Waals surface area contributed by atoms with Crippen LogP contribution in [0.3, 0.4) is 0 Å². The van der Waals surface area contributed by atoms with Gasteiger partial charge in [0.15, 0.2) is 0 Å². The zero-order valence-corrected chi connectivity index (χ0v) is 11.6. The molecule has 2 atom stereocenters. The first-order valence-electron chi connectivity index (χ1n) is 6.97. The molecule has 0 aromatic carbocycles. The number of carbonyl (C=O) groups is 2. The van der Waals surface area contributed by atoms with Crippen molar-refractivity contribution >= 4 is 11.8 Å². The Morgan fingerprint density at radius 1 is 1.32 bits per heavy atom. The van der Waals surface area contributed by atoms with Crippen molar-refractivity contribution in [2.75, 3.05) is 33.4 Å². The summed E-state index contributed by atoms with van der Waals surface area (Å²) in [6.07, 6.45) is 2.12. The van der Waals surface area contributed by atoms with Crippen molar-refractivity contribution in [2.45, 2.75) is 31.8 Å². The van der Waals surface area contributed by atoms with Crippen LogP contribution in [0.1, 0.15) is 19.8 Å². The highest BCUT2D eigenvalue weighted by Gasteiger charge is 2.35. The third-order valence-corrected chi connectivity index (χ3v) is 3.56. The Balaban J connectivity index is 1.81. The molecule has 1 saturated carbocycles. The highest BCUT2D eigenvalue weighted by Crippen LogP contribution is 2.19. The maximum atomic E-state index is 12.3. The Hall–Kier alpha value is -1.14. The van der Waals surface area contributed by atoms with Gasteiger partial charge in [-0.2, -0.15) is 0 Å². The van der Waals surface area contributed by atoms with Crippen molar-refractivity contribution in [3.8, 4) is 0 Å². The van der Waals surface area contributed by atoms with Crippen molar-refractivity contribution in [3.05, 3.63) is 0 Å². The number of nitrogens with one attached hydrogen (secondary N) is 2. The predicted octanol–water partition coefficient (Wildman–Crippen LogP) is -0.652. The van der Waals surface area contributed by atoms with E-state index < -0.39 is 0 Å². The van der Waals surface area contributed by atoms with E-state index in [-0.39, 0.29) is 30.3 Å². The van der Waals surface area contributed by atoms with Crippen LogP contribution < -0.4 is 10.6 Å². The second kappa shape index (κ2) is 6.34. The number of ether oxygens (including phenoxy) is 1. The lowest BCUT2D eigenvalue weighted by atomic mass is 10.0. The Kier molecular flexibility index (Phi) is 4.76. The van der Waals surface area contributed by atoms with E-state index in [0.717, 1.165) is 19.4 Å². The number of likely N-dealkylation sites (N-methyl/N-ethyl adjacent to an activating group) is 2. The predicted molar refractivity (Wildman–Crippen MR) is 70.6 cm³/mol. The first-order valence-corrected chi connectivity index (χ1v) is 6.97. The van der Waals surface area contributed by atoms with E-state index >= 15 is 0 Å². The maximum absolute atomic E-state index is 12.3. The molecule has 1 heterocycles. The van der Waals surface area contributed by atoms with E-state index in [0.29, 0.717) is 19.3 Å². The summed E-state index contributed by atoms with van der Waals surface area (Å²) < 4.78 is 5.36. The summed E-state index contributed by atoms with van der Waals surface area (Å²) in [7, 11) is 1.68. The summed E-state index contributed by atoms with van der Waals surface area (Å²) in [6.45, 7) is 3.94. The molecule has 2 rings (SSSR count). The number of amides is 2. The quantitative estimate of drug-likeness (QED) is 0.672. The molecule has 0 aromatic rings. The normalized spacial score (nSPS) is 26.2. The molecule has 0 spiro atoms. The molecule has 1 aliphatic heterocycles. The van der Waals surface area contributed by atoms with Crippen molar-refractivity contribution in [3.63, 3.8) is 0 Å². The van der Waals surface area contributed by atoms with Gasteiger partial charge in [-0.3, -0.25) is 9.59 Å². The van der Waals surface area contributed by atoms with Crippen LogP contribution in [0.4, 0.5) is 0 Å². The van der Waals surface area contributed by atoms with Gasteiger partial charge in [-0.15, -0.1) is 0 Å². The minimum absolute atomic E-state index is 0.0191. The lowest BCUT2D eigenvalue weighted by Crippen LogP contribution is -2.47. The molecule has 2 aliphatic rings. The SMILES string of the molecule is CCNC1COCC1C(=O)N(C)CC(=O)NC1CC1. The zero-order valence-electron chi connectivity index (χ0n) is 11.6. The van der Waals surface area contributed by atoms with Gasteiger partial charge in [0.05, 0.1) is 25.7 Å². The minimum Gasteiger partial charge on any atom is -0.379 e. The third-order valence-electron chi connectivity index (χ3n) is 3.56. The van der Waals surface area contributed by atoms with E-state index in [2.05, 4.69) is 10.6 Å². The summed E-state index contributed by atoms with van der Waals surface area (Å²) in [6, 6.07) is 0.395. The molecule has 0 aromatic heterocycles. The lowest BCUT2D eigenvalue weighted by molar-refractivity contribution is -0.138. The second-order valence-electron chi connectivity index (χ2n) is 5.34. The van der Waals surface area contributed by atoms with Crippen LogP contribution in [0.2, 0.25) is 0 Å². The van der Waals surface area contributed by atoms with Crippen LogP contribution in [0, 0.1) is 5.92 Å². The van der Waals surface area contributed by atoms with E-state index in [1.165, 1.54) is 4.90 Å². The molecule has 1 aliphatic carbocycles. The van der Waals surface area contributed by atoms with Crippen LogP contribution in [0.5, 0.6) is 0 Å². The molecule has 2 amide bonds.